The number of piperazine rings is 1. The Morgan fingerprint density at radius 2 is 1.75 bits per heavy atom. The number of rotatable bonds is 5. The number of hydrogen-bond acceptors (Lipinski definition) is 5. The van der Waals surface area contributed by atoms with Gasteiger partial charge in [0.05, 0.1) is 11.4 Å². The van der Waals surface area contributed by atoms with Crippen LogP contribution in [0.2, 0.25) is 0 Å². The minimum Gasteiger partial charge on any atom is -0.368 e. The van der Waals surface area contributed by atoms with Crippen molar-refractivity contribution in [1.82, 2.24) is 9.21 Å². The molecule has 2 aliphatic rings. The van der Waals surface area contributed by atoms with E-state index >= 15 is 0 Å². The van der Waals surface area contributed by atoms with E-state index in [1.54, 1.807) is 17.0 Å². The predicted octanol–water partition coefficient (Wildman–Crippen LogP) is 1.93. The van der Waals surface area contributed by atoms with Gasteiger partial charge in [-0.25, -0.2) is 8.42 Å². The molecule has 8 nitrogen and oxygen atoms in total. The average Bonchev–Trinajstić information content (AvgIpc) is 2.99. The van der Waals surface area contributed by atoms with Crippen LogP contribution in [0, 0.1) is 0 Å². The van der Waals surface area contributed by atoms with Crippen molar-refractivity contribution in [2.45, 2.75) is 24.2 Å². The molecule has 32 heavy (non-hydrogen) atoms. The van der Waals surface area contributed by atoms with E-state index in [2.05, 4.69) is 10.2 Å². The molecule has 0 bridgehead atoms. The first-order valence-corrected chi connectivity index (χ1v) is 12.3. The van der Waals surface area contributed by atoms with Crippen LogP contribution in [-0.4, -0.2) is 69.2 Å². The van der Waals surface area contributed by atoms with E-state index in [0.717, 1.165) is 15.6 Å². The molecule has 9 heteroatoms. The molecule has 0 atom stereocenters. The largest absolute Gasteiger partial charge is 0.368 e. The van der Waals surface area contributed by atoms with Crippen LogP contribution in [0.3, 0.4) is 0 Å². The molecular formula is C23H28N4O4S. The second kappa shape index (κ2) is 9.30. The van der Waals surface area contributed by atoms with Crippen LogP contribution in [0.4, 0.5) is 11.4 Å². The van der Waals surface area contributed by atoms with Crippen LogP contribution in [0.15, 0.2) is 53.4 Å². The Bertz CT molecular complexity index is 1100. The fourth-order valence-electron chi connectivity index (χ4n) is 4.12. The highest BCUT2D eigenvalue weighted by Gasteiger charge is 2.28. The zero-order valence-corrected chi connectivity index (χ0v) is 19.0. The first-order chi connectivity index (χ1) is 15.3. The minimum atomic E-state index is -3.82. The average molecular weight is 457 g/mol. The number of likely N-dealkylation sites (N-methyl/N-ethyl adjacent to an activating group) is 1. The molecule has 0 aromatic heterocycles. The molecule has 4 rings (SSSR count). The van der Waals surface area contributed by atoms with E-state index in [-0.39, 0.29) is 23.3 Å². The summed E-state index contributed by atoms with van der Waals surface area (Å²) in [5.41, 5.74) is 2.58. The quantitative estimate of drug-likeness (QED) is 0.743. The lowest BCUT2D eigenvalue weighted by Crippen LogP contribution is -2.51. The molecule has 1 fully saturated rings. The van der Waals surface area contributed by atoms with Gasteiger partial charge in [0.1, 0.15) is 0 Å². The van der Waals surface area contributed by atoms with Gasteiger partial charge < -0.3 is 15.1 Å². The van der Waals surface area contributed by atoms with E-state index in [0.29, 0.717) is 51.1 Å². The van der Waals surface area contributed by atoms with Crippen molar-refractivity contribution in [3.63, 3.8) is 0 Å². The molecule has 2 amide bonds. The van der Waals surface area contributed by atoms with Gasteiger partial charge in [0.2, 0.25) is 21.8 Å². The standard InChI is InChI=1S/C23H28N4O4S/c1-25(17-23(29)27-14-12-26(13-15-27)19-7-3-2-4-8-19)32(30,31)20-10-11-21-18(16-20)6-5-9-22(28)24-21/h2-4,7-8,10-11,16H,5-6,9,12-15,17H2,1H3,(H,24,28). The fraction of sp³-hybridized carbons (Fsp3) is 0.391. The number of fused-ring (bicyclic) bond motifs is 1. The van der Waals surface area contributed by atoms with Crippen molar-refractivity contribution in [3.05, 3.63) is 54.1 Å². The zero-order chi connectivity index (χ0) is 22.7. The molecule has 2 aromatic rings. The number of benzene rings is 2. The van der Waals surface area contributed by atoms with Crippen molar-refractivity contribution >= 4 is 33.2 Å². The van der Waals surface area contributed by atoms with Gasteiger partial charge in [-0.05, 0) is 48.7 Å². The predicted molar refractivity (Wildman–Crippen MR) is 123 cm³/mol. The Labute approximate surface area is 188 Å². The first kappa shape index (κ1) is 22.3. The zero-order valence-electron chi connectivity index (χ0n) is 18.2. The van der Waals surface area contributed by atoms with Crippen LogP contribution < -0.4 is 10.2 Å². The number of anilines is 2. The van der Waals surface area contributed by atoms with Crippen molar-refractivity contribution in [3.8, 4) is 0 Å². The van der Waals surface area contributed by atoms with Gasteiger partial charge in [-0.3, -0.25) is 9.59 Å². The summed E-state index contributed by atoms with van der Waals surface area (Å²) in [4.78, 5) is 28.6. The number of hydrogen-bond donors (Lipinski definition) is 1. The molecule has 0 aliphatic carbocycles. The number of aryl methyl sites for hydroxylation is 1. The molecule has 0 radical (unpaired) electrons. The number of carbonyl (C=O) groups excluding carboxylic acids is 2. The smallest absolute Gasteiger partial charge is 0.243 e. The van der Waals surface area contributed by atoms with Gasteiger partial charge >= 0.3 is 0 Å². The van der Waals surface area contributed by atoms with Gasteiger partial charge in [0.15, 0.2) is 0 Å². The second-order valence-electron chi connectivity index (χ2n) is 8.19. The molecule has 1 N–H and O–H groups in total. The summed E-state index contributed by atoms with van der Waals surface area (Å²) in [7, 11) is -2.39. The van der Waals surface area contributed by atoms with Crippen molar-refractivity contribution in [1.29, 1.82) is 0 Å². The maximum Gasteiger partial charge on any atom is 0.243 e. The highest BCUT2D eigenvalue weighted by molar-refractivity contribution is 7.89. The molecule has 0 spiro atoms. The molecule has 0 unspecified atom stereocenters. The van der Waals surface area contributed by atoms with Crippen LogP contribution in [0.5, 0.6) is 0 Å². The molecular weight excluding hydrogens is 428 g/mol. The maximum absolute atomic E-state index is 13.1. The number of carbonyl (C=O) groups is 2. The van der Waals surface area contributed by atoms with Crippen molar-refractivity contribution < 1.29 is 18.0 Å². The summed E-state index contributed by atoms with van der Waals surface area (Å²) >= 11 is 0. The van der Waals surface area contributed by atoms with E-state index in [4.69, 9.17) is 0 Å². The number of sulfonamides is 1. The Morgan fingerprint density at radius 3 is 2.47 bits per heavy atom. The molecule has 2 heterocycles. The van der Waals surface area contributed by atoms with Crippen LogP contribution >= 0.6 is 0 Å². The summed E-state index contributed by atoms with van der Waals surface area (Å²) in [6.45, 7) is 2.33. The van der Waals surface area contributed by atoms with Gasteiger partial charge in [-0.1, -0.05) is 18.2 Å². The van der Waals surface area contributed by atoms with E-state index in [1.165, 1.54) is 13.1 Å². The lowest BCUT2D eigenvalue weighted by atomic mass is 10.1. The first-order valence-electron chi connectivity index (χ1n) is 10.8. The van der Waals surface area contributed by atoms with Crippen LogP contribution in [0.1, 0.15) is 18.4 Å². The van der Waals surface area contributed by atoms with Crippen molar-refractivity contribution in [2.24, 2.45) is 0 Å². The maximum atomic E-state index is 13.1. The monoisotopic (exact) mass is 456 g/mol. The topological polar surface area (TPSA) is 90.0 Å². The molecule has 0 saturated carbocycles. The Balaban J connectivity index is 1.39. The highest BCUT2D eigenvalue weighted by atomic mass is 32.2. The minimum absolute atomic E-state index is 0.0607. The Morgan fingerprint density at radius 1 is 1.03 bits per heavy atom. The summed E-state index contributed by atoms with van der Waals surface area (Å²) in [5.74, 6) is -0.264. The number of nitrogens with one attached hydrogen (secondary N) is 1. The SMILES string of the molecule is CN(CC(=O)N1CCN(c2ccccc2)CC1)S(=O)(=O)c1ccc2c(c1)CCCC(=O)N2. The van der Waals surface area contributed by atoms with E-state index in [1.807, 2.05) is 30.3 Å². The number of amides is 2. The molecule has 170 valence electrons. The Kier molecular flexibility index (Phi) is 6.48. The normalized spacial score (nSPS) is 17.0. The molecule has 2 aromatic carbocycles. The third kappa shape index (κ3) is 4.78. The second-order valence-corrected chi connectivity index (χ2v) is 10.2. The molecule has 2 aliphatic heterocycles. The van der Waals surface area contributed by atoms with Gasteiger partial charge in [0, 0.05) is 51.0 Å². The summed E-state index contributed by atoms with van der Waals surface area (Å²) in [6.07, 6.45) is 1.72. The summed E-state index contributed by atoms with van der Waals surface area (Å²) in [6, 6.07) is 14.8. The number of nitrogens with zero attached hydrogens (tertiary/aromatic N) is 3. The summed E-state index contributed by atoms with van der Waals surface area (Å²) < 4.78 is 27.3. The van der Waals surface area contributed by atoms with Gasteiger partial charge in [-0.15, -0.1) is 0 Å². The van der Waals surface area contributed by atoms with E-state index < -0.39 is 10.0 Å². The highest BCUT2D eigenvalue weighted by Crippen LogP contribution is 2.26. The van der Waals surface area contributed by atoms with Gasteiger partial charge in [0.25, 0.3) is 0 Å². The Hall–Kier alpha value is -2.91. The van der Waals surface area contributed by atoms with E-state index in [9.17, 15) is 18.0 Å². The van der Waals surface area contributed by atoms with Crippen LogP contribution in [0.25, 0.3) is 0 Å². The third-order valence-corrected chi connectivity index (χ3v) is 7.82. The van der Waals surface area contributed by atoms with Gasteiger partial charge in [-0.2, -0.15) is 4.31 Å². The number of para-hydroxylation sites is 1. The fourth-order valence-corrected chi connectivity index (χ4v) is 5.29. The third-order valence-electron chi connectivity index (χ3n) is 6.02. The lowest BCUT2D eigenvalue weighted by molar-refractivity contribution is -0.131. The summed E-state index contributed by atoms with van der Waals surface area (Å²) in [5, 5.41) is 2.81. The van der Waals surface area contributed by atoms with Crippen molar-refractivity contribution in [2.75, 3.05) is 50.0 Å². The lowest BCUT2D eigenvalue weighted by Gasteiger charge is -2.36. The van der Waals surface area contributed by atoms with Crippen LogP contribution in [-0.2, 0) is 26.0 Å². The molecule has 1 saturated heterocycles.